The van der Waals surface area contributed by atoms with Crippen LogP contribution in [0.25, 0.3) is 0 Å². The van der Waals surface area contributed by atoms with E-state index in [1.54, 1.807) is 12.1 Å². The zero-order valence-electron chi connectivity index (χ0n) is 14.1. The molecule has 2 aliphatic rings. The summed E-state index contributed by atoms with van der Waals surface area (Å²) < 4.78 is 27.5. The molecule has 0 atom stereocenters. The van der Waals surface area contributed by atoms with Crippen molar-refractivity contribution in [2.75, 3.05) is 19.6 Å². The van der Waals surface area contributed by atoms with Crippen molar-refractivity contribution in [3.05, 3.63) is 29.3 Å². The van der Waals surface area contributed by atoms with Gasteiger partial charge in [0, 0.05) is 26.1 Å². The molecule has 1 saturated heterocycles. The highest BCUT2D eigenvalue weighted by Gasteiger charge is 2.20. The van der Waals surface area contributed by atoms with E-state index in [4.69, 9.17) is 0 Å². The minimum atomic E-state index is -3.54. The number of piperidine rings is 1. The van der Waals surface area contributed by atoms with Crippen LogP contribution in [0.5, 0.6) is 0 Å². The van der Waals surface area contributed by atoms with E-state index in [9.17, 15) is 13.2 Å². The largest absolute Gasteiger partial charge is 0.343 e. The van der Waals surface area contributed by atoms with Crippen molar-refractivity contribution in [3.8, 4) is 0 Å². The highest BCUT2D eigenvalue weighted by Crippen LogP contribution is 2.24. The van der Waals surface area contributed by atoms with Gasteiger partial charge in [0.1, 0.15) is 0 Å². The molecule has 24 heavy (non-hydrogen) atoms. The molecular formula is C18H26N2O3S. The maximum atomic E-state index is 12.4. The standard InChI is InChI=1S/C18H26N2O3S/c21-18(20-12-4-1-5-13-20)10-11-19-24(22,23)17-9-8-15-6-2-3-7-16(15)14-17/h8-9,14,19H,1-7,10-13H2. The number of fused-ring (bicyclic) bond motifs is 1. The van der Waals surface area contributed by atoms with Crippen LogP contribution in [0, 0.1) is 0 Å². The molecule has 0 bridgehead atoms. The summed E-state index contributed by atoms with van der Waals surface area (Å²) >= 11 is 0. The average Bonchev–Trinajstić information content (AvgIpc) is 2.62. The highest BCUT2D eigenvalue weighted by molar-refractivity contribution is 7.89. The molecule has 1 fully saturated rings. The summed E-state index contributed by atoms with van der Waals surface area (Å²) in [6.45, 7) is 1.77. The van der Waals surface area contributed by atoms with Crippen molar-refractivity contribution in [1.29, 1.82) is 0 Å². The number of benzene rings is 1. The number of likely N-dealkylation sites (tertiary alicyclic amines) is 1. The molecular weight excluding hydrogens is 324 g/mol. The summed E-state index contributed by atoms with van der Waals surface area (Å²) in [5, 5.41) is 0. The number of carbonyl (C=O) groups is 1. The normalized spacial score (nSPS) is 18.2. The molecule has 1 aliphatic carbocycles. The molecule has 1 aliphatic heterocycles. The average molecular weight is 350 g/mol. The van der Waals surface area contributed by atoms with Gasteiger partial charge >= 0.3 is 0 Å². The van der Waals surface area contributed by atoms with Gasteiger partial charge in [0.05, 0.1) is 4.90 Å². The smallest absolute Gasteiger partial charge is 0.240 e. The van der Waals surface area contributed by atoms with Crippen molar-refractivity contribution < 1.29 is 13.2 Å². The SMILES string of the molecule is O=C(CCNS(=O)(=O)c1ccc2c(c1)CCCC2)N1CCCCC1. The van der Waals surface area contributed by atoms with E-state index in [1.165, 1.54) is 18.4 Å². The minimum Gasteiger partial charge on any atom is -0.343 e. The maximum absolute atomic E-state index is 12.4. The van der Waals surface area contributed by atoms with Crippen molar-refractivity contribution in [2.45, 2.75) is 56.3 Å². The number of nitrogens with one attached hydrogen (secondary N) is 1. The molecule has 1 N–H and O–H groups in total. The topological polar surface area (TPSA) is 66.5 Å². The Morgan fingerprint density at radius 2 is 1.71 bits per heavy atom. The number of carbonyl (C=O) groups excluding carboxylic acids is 1. The summed E-state index contributed by atoms with van der Waals surface area (Å²) in [6.07, 6.45) is 7.78. The Labute approximate surface area is 144 Å². The van der Waals surface area contributed by atoms with E-state index in [0.29, 0.717) is 4.90 Å². The number of hydrogen-bond acceptors (Lipinski definition) is 3. The minimum absolute atomic E-state index is 0.0443. The first-order chi connectivity index (χ1) is 11.6. The Morgan fingerprint density at radius 1 is 1.00 bits per heavy atom. The molecule has 132 valence electrons. The Morgan fingerprint density at radius 3 is 2.46 bits per heavy atom. The van der Waals surface area contributed by atoms with E-state index < -0.39 is 10.0 Å². The van der Waals surface area contributed by atoms with E-state index in [2.05, 4.69) is 4.72 Å². The van der Waals surface area contributed by atoms with Gasteiger partial charge in [-0.25, -0.2) is 13.1 Å². The first kappa shape index (κ1) is 17.4. The molecule has 1 heterocycles. The molecule has 0 radical (unpaired) electrons. The fraction of sp³-hybridized carbons (Fsp3) is 0.611. The third-order valence-corrected chi connectivity index (χ3v) is 6.43. The third kappa shape index (κ3) is 4.16. The molecule has 6 heteroatoms. The van der Waals surface area contributed by atoms with Gasteiger partial charge in [-0.3, -0.25) is 4.79 Å². The van der Waals surface area contributed by atoms with Crippen molar-refractivity contribution in [1.82, 2.24) is 9.62 Å². The molecule has 0 spiro atoms. The van der Waals surface area contributed by atoms with Crippen LogP contribution in [0.15, 0.2) is 23.1 Å². The van der Waals surface area contributed by atoms with Gasteiger partial charge in [0.2, 0.25) is 15.9 Å². The lowest BCUT2D eigenvalue weighted by atomic mass is 9.92. The van der Waals surface area contributed by atoms with Gasteiger partial charge in [-0.15, -0.1) is 0 Å². The van der Waals surface area contributed by atoms with Crippen LogP contribution in [-0.2, 0) is 27.7 Å². The summed E-state index contributed by atoms with van der Waals surface area (Å²) in [7, 11) is -3.54. The van der Waals surface area contributed by atoms with Gasteiger partial charge < -0.3 is 4.90 Å². The van der Waals surface area contributed by atoms with Gasteiger partial charge in [-0.1, -0.05) is 6.07 Å². The van der Waals surface area contributed by atoms with Gasteiger partial charge in [-0.2, -0.15) is 0 Å². The Hall–Kier alpha value is -1.40. The lowest BCUT2D eigenvalue weighted by Gasteiger charge is -2.26. The number of hydrogen-bond donors (Lipinski definition) is 1. The fourth-order valence-corrected chi connectivity index (χ4v) is 4.64. The fourth-order valence-electron chi connectivity index (χ4n) is 3.55. The van der Waals surface area contributed by atoms with Crippen molar-refractivity contribution in [3.63, 3.8) is 0 Å². The number of sulfonamides is 1. The first-order valence-electron chi connectivity index (χ1n) is 8.95. The third-order valence-electron chi connectivity index (χ3n) is 4.97. The van der Waals surface area contributed by atoms with Crippen molar-refractivity contribution >= 4 is 15.9 Å². The van der Waals surface area contributed by atoms with Crippen LogP contribution in [0.3, 0.4) is 0 Å². The lowest BCUT2D eigenvalue weighted by molar-refractivity contribution is -0.131. The Balaban J connectivity index is 1.56. The Kier molecular flexibility index (Phi) is 5.56. The molecule has 1 aromatic rings. The van der Waals surface area contributed by atoms with Crippen LogP contribution < -0.4 is 4.72 Å². The van der Waals surface area contributed by atoms with Crippen LogP contribution >= 0.6 is 0 Å². The van der Waals surface area contributed by atoms with E-state index in [1.807, 2.05) is 11.0 Å². The van der Waals surface area contributed by atoms with E-state index in [-0.39, 0.29) is 18.9 Å². The zero-order valence-corrected chi connectivity index (χ0v) is 14.9. The van der Waals surface area contributed by atoms with E-state index >= 15 is 0 Å². The second kappa shape index (κ2) is 7.66. The monoisotopic (exact) mass is 350 g/mol. The quantitative estimate of drug-likeness (QED) is 0.886. The molecule has 0 aromatic heterocycles. The summed E-state index contributed by atoms with van der Waals surface area (Å²) in [6, 6.07) is 5.41. The Bertz CT molecular complexity index is 694. The number of aryl methyl sites for hydroxylation is 2. The van der Waals surface area contributed by atoms with Crippen molar-refractivity contribution in [2.24, 2.45) is 0 Å². The van der Waals surface area contributed by atoms with Gasteiger partial charge in [0.15, 0.2) is 0 Å². The van der Waals surface area contributed by atoms with Crippen LogP contribution in [-0.4, -0.2) is 38.9 Å². The van der Waals surface area contributed by atoms with Crippen LogP contribution in [0.4, 0.5) is 0 Å². The predicted octanol–water partition coefficient (Wildman–Crippen LogP) is 2.25. The molecule has 0 unspecified atom stereocenters. The maximum Gasteiger partial charge on any atom is 0.240 e. The predicted molar refractivity (Wildman–Crippen MR) is 93.3 cm³/mol. The van der Waals surface area contributed by atoms with Gasteiger partial charge in [0.25, 0.3) is 0 Å². The zero-order chi connectivity index (χ0) is 17.0. The molecule has 1 aromatic carbocycles. The second-order valence-corrected chi connectivity index (χ2v) is 8.49. The summed E-state index contributed by atoms with van der Waals surface area (Å²) in [5.74, 6) is 0.0443. The summed E-state index contributed by atoms with van der Waals surface area (Å²) in [4.78, 5) is 14.3. The number of rotatable bonds is 5. The van der Waals surface area contributed by atoms with Crippen LogP contribution in [0.1, 0.15) is 49.7 Å². The highest BCUT2D eigenvalue weighted by atomic mass is 32.2. The van der Waals surface area contributed by atoms with Gasteiger partial charge in [-0.05, 0) is 68.2 Å². The molecule has 1 amide bonds. The lowest BCUT2D eigenvalue weighted by Crippen LogP contribution is -2.37. The number of amides is 1. The summed E-state index contributed by atoms with van der Waals surface area (Å²) in [5.41, 5.74) is 2.41. The molecule has 3 rings (SSSR count). The number of nitrogens with zero attached hydrogens (tertiary/aromatic N) is 1. The van der Waals surface area contributed by atoms with Crippen LogP contribution in [0.2, 0.25) is 0 Å². The first-order valence-corrected chi connectivity index (χ1v) is 10.4. The van der Waals surface area contributed by atoms with E-state index in [0.717, 1.165) is 50.8 Å². The molecule has 0 saturated carbocycles. The molecule has 5 nitrogen and oxygen atoms in total. The second-order valence-electron chi connectivity index (χ2n) is 6.73.